The molecule has 0 saturated carbocycles. The highest BCUT2D eigenvalue weighted by Crippen LogP contribution is 2.24. The number of hydrogen-bond donors (Lipinski definition) is 1. The summed E-state index contributed by atoms with van der Waals surface area (Å²) in [7, 11) is 3.63. The molecule has 7 heteroatoms. The van der Waals surface area contributed by atoms with Gasteiger partial charge in [0.15, 0.2) is 0 Å². The first-order chi connectivity index (χ1) is 11.3. The number of hydrogen-bond acceptors (Lipinski definition) is 2. The lowest BCUT2D eigenvalue weighted by Crippen LogP contribution is -2.34. The van der Waals surface area contributed by atoms with E-state index < -0.39 is 11.7 Å². The Hall–Kier alpha value is -1.69. The Balaban J connectivity index is 2.15. The van der Waals surface area contributed by atoms with Crippen LogP contribution in [-0.4, -0.2) is 31.4 Å². The van der Waals surface area contributed by atoms with Crippen molar-refractivity contribution in [3.05, 3.63) is 69.2 Å². The SMILES string of the molecule is CN(C)C(CNC(=O)c1cc(F)c(Cl)cc1Cl)c1cccc(F)c1. The van der Waals surface area contributed by atoms with Crippen LogP contribution in [-0.2, 0) is 0 Å². The van der Waals surface area contributed by atoms with Crippen LogP contribution in [0, 0.1) is 11.6 Å². The van der Waals surface area contributed by atoms with Gasteiger partial charge in [-0.2, -0.15) is 0 Å². The van der Waals surface area contributed by atoms with Crippen LogP contribution in [0.1, 0.15) is 22.0 Å². The molecule has 128 valence electrons. The van der Waals surface area contributed by atoms with E-state index >= 15 is 0 Å². The topological polar surface area (TPSA) is 32.3 Å². The molecule has 0 saturated heterocycles. The molecule has 0 aliphatic heterocycles. The Morgan fingerprint density at radius 1 is 1.17 bits per heavy atom. The third-order valence-electron chi connectivity index (χ3n) is 3.57. The third-order valence-corrected chi connectivity index (χ3v) is 4.17. The van der Waals surface area contributed by atoms with Crippen molar-refractivity contribution in [3.63, 3.8) is 0 Å². The van der Waals surface area contributed by atoms with Gasteiger partial charge in [0, 0.05) is 6.54 Å². The van der Waals surface area contributed by atoms with Gasteiger partial charge >= 0.3 is 0 Å². The second-order valence-corrected chi connectivity index (χ2v) is 6.31. The lowest BCUT2D eigenvalue weighted by molar-refractivity contribution is 0.0941. The molecule has 2 aromatic rings. The highest BCUT2D eigenvalue weighted by atomic mass is 35.5. The monoisotopic (exact) mass is 372 g/mol. The van der Waals surface area contributed by atoms with E-state index in [4.69, 9.17) is 23.2 Å². The molecule has 1 unspecified atom stereocenters. The fraction of sp³-hybridized carbons (Fsp3) is 0.235. The van der Waals surface area contributed by atoms with Gasteiger partial charge < -0.3 is 10.2 Å². The van der Waals surface area contributed by atoms with E-state index in [2.05, 4.69) is 5.32 Å². The zero-order valence-corrected chi connectivity index (χ0v) is 14.6. The largest absolute Gasteiger partial charge is 0.350 e. The summed E-state index contributed by atoms with van der Waals surface area (Å²) in [5, 5.41) is 2.60. The maximum absolute atomic E-state index is 13.5. The minimum atomic E-state index is -0.722. The summed E-state index contributed by atoms with van der Waals surface area (Å²) in [4.78, 5) is 14.1. The molecule has 0 aromatic heterocycles. The first kappa shape index (κ1) is 18.6. The van der Waals surface area contributed by atoms with Crippen molar-refractivity contribution in [1.82, 2.24) is 10.2 Å². The summed E-state index contributed by atoms with van der Waals surface area (Å²) in [6, 6.07) is 8.07. The van der Waals surface area contributed by atoms with Gasteiger partial charge in [0.1, 0.15) is 11.6 Å². The van der Waals surface area contributed by atoms with Gasteiger partial charge in [0.2, 0.25) is 0 Å². The second kappa shape index (κ2) is 7.92. The molecule has 0 aliphatic rings. The predicted molar refractivity (Wildman–Crippen MR) is 91.6 cm³/mol. The summed E-state index contributed by atoms with van der Waals surface area (Å²) < 4.78 is 26.9. The van der Waals surface area contributed by atoms with Crippen molar-refractivity contribution < 1.29 is 13.6 Å². The number of nitrogens with zero attached hydrogens (tertiary/aromatic N) is 1. The molecule has 3 nitrogen and oxygen atoms in total. The molecule has 24 heavy (non-hydrogen) atoms. The second-order valence-electron chi connectivity index (χ2n) is 5.49. The maximum atomic E-state index is 13.5. The van der Waals surface area contributed by atoms with Crippen LogP contribution in [0.3, 0.4) is 0 Å². The van der Waals surface area contributed by atoms with Gasteiger partial charge in [0.25, 0.3) is 5.91 Å². The number of carbonyl (C=O) groups is 1. The molecule has 1 N–H and O–H groups in total. The molecule has 0 spiro atoms. The van der Waals surface area contributed by atoms with E-state index in [1.54, 1.807) is 12.1 Å². The molecular weight excluding hydrogens is 357 g/mol. The normalized spacial score (nSPS) is 12.3. The number of amides is 1. The molecule has 0 fully saturated rings. The Morgan fingerprint density at radius 2 is 1.88 bits per heavy atom. The number of benzene rings is 2. The van der Waals surface area contributed by atoms with Crippen molar-refractivity contribution in [2.45, 2.75) is 6.04 Å². The average molecular weight is 373 g/mol. The van der Waals surface area contributed by atoms with Crippen LogP contribution in [0.25, 0.3) is 0 Å². The van der Waals surface area contributed by atoms with E-state index in [1.807, 2.05) is 19.0 Å². The fourth-order valence-corrected chi connectivity index (χ4v) is 2.76. The molecule has 1 atom stereocenters. The first-order valence-electron chi connectivity index (χ1n) is 7.14. The Morgan fingerprint density at radius 3 is 2.50 bits per heavy atom. The molecule has 0 radical (unpaired) electrons. The molecule has 1 amide bonds. The molecule has 2 aromatic carbocycles. The van der Waals surface area contributed by atoms with Crippen molar-refractivity contribution in [2.75, 3.05) is 20.6 Å². The van der Waals surface area contributed by atoms with Crippen LogP contribution < -0.4 is 5.32 Å². The van der Waals surface area contributed by atoms with E-state index in [1.165, 1.54) is 18.2 Å². The zero-order chi connectivity index (χ0) is 17.9. The molecule has 0 bridgehead atoms. The molecule has 0 heterocycles. The highest BCUT2D eigenvalue weighted by molar-refractivity contribution is 6.36. The number of halogens is 4. The van der Waals surface area contributed by atoms with Gasteiger partial charge in [-0.1, -0.05) is 35.3 Å². The van der Waals surface area contributed by atoms with E-state index in [9.17, 15) is 13.6 Å². The number of likely N-dealkylation sites (N-methyl/N-ethyl adjacent to an activating group) is 1. The molecular formula is C17H16Cl2F2N2O. The summed E-state index contributed by atoms with van der Waals surface area (Å²) >= 11 is 11.6. The smallest absolute Gasteiger partial charge is 0.252 e. The van der Waals surface area contributed by atoms with Crippen LogP contribution in [0.5, 0.6) is 0 Å². The first-order valence-corrected chi connectivity index (χ1v) is 7.90. The van der Waals surface area contributed by atoms with Crippen LogP contribution in [0.4, 0.5) is 8.78 Å². The third kappa shape index (κ3) is 4.44. The van der Waals surface area contributed by atoms with Crippen LogP contribution in [0.2, 0.25) is 10.0 Å². The van der Waals surface area contributed by atoms with E-state index in [0.717, 1.165) is 6.07 Å². The predicted octanol–water partition coefficient (Wildman–Crippen LogP) is 4.30. The average Bonchev–Trinajstić information content (AvgIpc) is 2.50. The van der Waals surface area contributed by atoms with Crippen LogP contribution in [0.15, 0.2) is 36.4 Å². The van der Waals surface area contributed by atoms with Gasteiger partial charge in [-0.05, 0) is 43.9 Å². The van der Waals surface area contributed by atoms with Crippen molar-refractivity contribution in [1.29, 1.82) is 0 Å². The fourth-order valence-electron chi connectivity index (χ4n) is 2.29. The maximum Gasteiger partial charge on any atom is 0.252 e. The molecule has 2 rings (SSSR count). The van der Waals surface area contributed by atoms with Crippen molar-refractivity contribution in [3.8, 4) is 0 Å². The van der Waals surface area contributed by atoms with E-state index in [0.29, 0.717) is 5.56 Å². The minimum absolute atomic E-state index is 0.00434. The molecule has 0 aliphatic carbocycles. The summed E-state index contributed by atoms with van der Waals surface area (Å²) in [5.41, 5.74) is 0.712. The van der Waals surface area contributed by atoms with Gasteiger partial charge in [-0.3, -0.25) is 4.79 Å². The van der Waals surface area contributed by atoms with E-state index in [-0.39, 0.29) is 34.0 Å². The summed E-state index contributed by atoms with van der Waals surface area (Å²) in [5.74, 6) is -1.60. The van der Waals surface area contributed by atoms with Gasteiger partial charge in [-0.25, -0.2) is 8.78 Å². The quantitative estimate of drug-likeness (QED) is 0.793. The number of nitrogens with one attached hydrogen (secondary N) is 1. The van der Waals surface area contributed by atoms with Crippen molar-refractivity contribution >= 4 is 29.1 Å². The summed E-state index contributed by atoms with van der Waals surface area (Å²) in [6.07, 6.45) is 0. The van der Waals surface area contributed by atoms with Crippen molar-refractivity contribution in [2.24, 2.45) is 0 Å². The van der Waals surface area contributed by atoms with Gasteiger partial charge in [0.05, 0.1) is 21.7 Å². The Labute approximate surface area is 149 Å². The Bertz CT molecular complexity index is 753. The lowest BCUT2D eigenvalue weighted by atomic mass is 10.1. The Kier molecular flexibility index (Phi) is 6.15. The zero-order valence-electron chi connectivity index (χ0n) is 13.1. The number of carbonyl (C=O) groups excluding carboxylic acids is 1. The standard InChI is InChI=1S/C17H16Cl2F2N2O/c1-23(2)16(10-4-3-5-11(20)6-10)9-22-17(24)12-7-15(21)14(19)8-13(12)18/h3-8,16H,9H2,1-2H3,(H,22,24). The lowest BCUT2D eigenvalue weighted by Gasteiger charge is -2.25. The summed E-state index contributed by atoms with van der Waals surface area (Å²) in [6.45, 7) is 0.204. The highest BCUT2D eigenvalue weighted by Gasteiger charge is 2.18. The number of rotatable bonds is 5. The minimum Gasteiger partial charge on any atom is -0.350 e. The van der Waals surface area contributed by atoms with Crippen LogP contribution >= 0.6 is 23.2 Å². The van der Waals surface area contributed by atoms with Gasteiger partial charge in [-0.15, -0.1) is 0 Å².